The van der Waals surface area contributed by atoms with Gasteiger partial charge in [0.05, 0.1) is 7.11 Å². The molecule has 0 spiro atoms. The van der Waals surface area contributed by atoms with Crippen molar-refractivity contribution in [2.24, 2.45) is 0 Å². The molecule has 0 bridgehead atoms. The minimum Gasteiger partial charge on any atom is -0.504 e. The lowest BCUT2D eigenvalue weighted by Crippen LogP contribution is -2.28. The Kier molecular flexibility index (Phi) is 1.68. The summed E-state index contributed by atoms with van der Waals surface area (Å²) < 4.78 is 15.5. The number of hydrogen-bond acceptors (Lipinski definition) is 5. The maximum atomic E-state index is 10.7. The zero-order chi connectivity index (χ0) is 11.5. The van der Waals surface area contributed by atoms with Crippen molar-refractivity contribution >= 4 is 5.97 Å². The molecule has 3 rings (SSSR count). The summed E-state index contributed by atoms with van der Waals surface area (Å²) in [5.41, 5.74) is -0.763. The number of aliphatic hydroxyl groups excluding tert-OH is 1. The van der Waals surface area contributed by atoms with Crippen LogP contribution in [0.4, 0.5) is 0 Å². The monoisotopic (exact) mass is 226 g/mol. The summed E-state index contributed by atoms with van der Waals surface area (Å²) in [4.78, 5) is 10.7. The van der Waals surface area contributed by atoms with Gasteiger partial charge < -0.3 is 24.4 Å². The average molecular weight is 226 g/mol. The molecule has 1 aliphatic carbocycles. The maximum absolute atomic E-state index is 10.7. The Bertz CT molecular complexity index is 425. The molecular formula is C10H10O6. The second kappa shape index (κ2) is 2.78. The number of hydrogen-bond donors (Lipinski definition) is 2. The third-order valence-electron chi connectivity index (χ3n) is 3.07. The van der Waals surface area contributed by atoms with Gasteiger partial charge in [-0.1, -0.05) is 0 Å². The van der Waals surface area contributed by atoms with Crippen LogP contribution < -0.4 is 0 Å². The molecule has 4 atom stereocenters. The van der Waals surface area contributed by atoms with Crippen LogP contribution in [0.2, 0.25) is 0 Å². The van der Waals surface area contributed by atoms with Gasteiger partial charge in [-0.15, -0.1) is 0 Å². The Morgan fingerprint density at radius 2 is 2.38 bits per heavy atom. The van der Waals surface area contributed by atoms with Gasteiger partial charge in [-0.3, -0.25) is 0 Å². The fraction of sp³-hybridized carbons (Fsp3) is 0.500. The van der Waals surface area contributed by atoms with Crippen molar-refractivity contribution in [3.8, 4) is 0 Å². The topological polar surface area (TPSA) is 91.8 Å². The normalized spacial score (nSPS) is 43.9. The number of rotatable bonds is 3. The van der Waals surface area contributed by atoms with E-state index in [1.807, 2.05) is 0 Å². The fourth-order valence-electron chi connectivity index (χ4n) is 2.15. The Hall–Kier alpha value is -1.53. The summed E-state index contributed by atoms with van der Waals surface area (Å²) in [6, 6.07) is 0. The van der Waals surface area contributed by atoms with Crippen LogP contribution in [-0.4, -0.2) is 47.2 Å². The van der Waals surface area contributed by atoms with Crippen molar-refractivity contribution in [2.75, 3.05) is 7.11 Å². The summed E-state index contributed by atoms with van der Waals surface area (Å²) in [5, 5.41) is 18.3. The molecule has 6 nitrogen and oxygen atoms in total. The number of allylic oxidation sites excluding steroid dienone is 1. The van der Waals surface area contributed by atoms with Crippen LogP contribution in [-0.2, 0) is 19.0 Å². The summed E-state index contributed by atoms with van der Waals surface area (Å²) in [5.74, 6) is -0.671. The molecule has 6 heteroatoms. The number of carbonyl (C=O) groups is 1. The SMILES string of the molecule is COC1=C(O)C=CC2(C3OC3C(=O)O)OC12. The molecular weight excluding hydrogens is 216 g/mol. The van der Waals surface area contributed by atoms with Crippen molar-refractivity contribution in [1.82, 2.24) is 0 Å². The van der Waals surface area contributed by atoms with Crippen LogP contribution in [0.3, 0.4) is 0 Å². The number of aliphatic carboxylic acids is 1. The lowest BCUT2D eigenvalue weighted by Gasteiger charge is -2.11. The third-order valence-corrected chi connectivity index (χ3v) is 3.07. The Balaban J connectivity index is 1.82. The van der Waals surface area contributed by atoms with Gasteiger partial charge in [-0.05, 0) is 12.2 Å². The molecule has 0 amide bonds. The van der Waals surface area contributed by atoms with Gasteiger partial charge in [0.2, 0.25) is 0 Å². The highest BCUT2D eigenvalue weighted by molar-refractivity contribution is 5.77. The van der Waals surface area contributed by atoms with E-state index in [-0.39, 0.29) is 5.76 Å². The molecule has 2 aliphatic heterocycles. The van der Waals surface area contributed by atoms with Gasteiger partial charge in [-0.2, -0.15) is 0 Å². The Morgan fingerprint density at radius 3 is 2.94 bits per heavy atom. The number of ether oxygens (including phenoxy) is 3. The van der Waals surface area contributed by atoms with Crippen molar-refractivity contribution in [3.63, 3.8) is 0 Å². The first kappa shape index (κ1) is 9.68. The lowest BCUT2D eigenvalue weighted by atomic mass is 9.93. The van der Waals surface area contributed by atoms with E-state index in [1.165, 1.54) is 13.2 Å². The molecule has 2 fully saturated rings. The third kappa shape index (κ3) is 1.05. The number of aliphatic hydroxyl groups is 1. The maximum Gasteiger partial charge on any atom is 0.335 e. The van der Waals surface area contributed by atoms with Gasteiger partial charge in [0.25, 0.3) is 0 Å². The smallest absolute Gasteiger partial charge is 0.335 e. The van der Waals surface area contributed by atoms with Crippen LogP contribution in [0.15, 0.2) is 23.7 Å². The van der Waals surface area contributed by atoms with E-state index in [4.69, 9.17) is 19.3 Å². The van der Waals surface area contributed by atoms with E-state index in [2.05, 4.69) is 0 Å². The number of methoxy groups -OCH3 is 1. The van der Waals surface area contributed by atoms with E-state index in [0.717, 1.165) is 0 Å². The van der Waals surface area contributed by atoms with Crippen LogP contribution in [0.1, 0.15) is 0 Å². The molecule has 86 valence electrons. The van der Waals surface area contributed by atoms with E-state index >= 15 is 0 Å². The highest BCUT2D eigenvalue weighted by Gasteiger charge is 2.73. The summed E-state index contributed by atoms with van der Waals surface area (Å²) >= 11 is 0. The largest absolute Gasteiger partial charge is 0.504 e. The highest BCUT2D eigenvalue weighted by Crippen LogP contribution is 2.55. The quantitative estimate of drug-likeness (QED) is 0.656. The molecule has 2 N–H and O–H groups in total. The summed E-state index contributed by atoms with van der Waals surface area (Å²) in [6.07, 6.45) is 1.32. The first-order valence-electron chi connectivity index (χ1n) is 4.82. The lowest BCUT2D eigenvalue weighted by molar-refractivity contribution is -0.138. The molecule has 2 saturated heterocycles. The van der Waals surface area contributed by atoms with Crippen LogP contribution in [0.25, 0.3) is 0 Å². The summed E-state index contributed by atoms with van der Waals surface area (Å²) in [7, 11) is 1.43. The van der Waals surface area contributed by atoms with Gasteiger partial charge in [0.1, 0.15) is 6.10 Å². The highest BCUT2D eigenvalue weighted by atomic mass is 16.7. The Labute approximate surface area is 90.7 Å². The molecule has 2 heterocycles. The first-order valence-corrected chi connectivity index (χ1v) is 4.82. The minimum absolute atomic E-state index is 0.00755. The molecule has 16 heavy (non-hydrogen) atoms. The number of carboxylic acids is 1. The van der Waals surface area contributed by atoms with E-state index in [0.29, 0.717) is 5.76 Å². The zero-order valence-electron chi connectivity index (χ0n) is 8.41. The standard InChI is InChI=1S/C10H10O6/c1-14-5-4(11)2-3-10(8(5)16-10)7-6(15-7)9(12)13/h2-3,6-8,11H,1H3,(H,12,13). The van der Waals surface area contributed by atoms with Gasteiger partial charge in [0.15, 0.2) is 29.3 Å². The van der Waals surface area contributed by atoms with Crippen molar-refractivity contribution in [3.05, 3.63) is 23.7 Å². The van der Waals surface area contributed by atoms with Crippen molar-refractivity contribution < 1.29 is 29.2 Å². The average Bonchev–Trinajstić information content (AvgIpc) is 3.10. The molecule has 4 unspecified atom stereocenters. The fourth-order valence-corrected chi connectivity index (χ4v) is 2.15. The minimum atomic E-state index is -1.00. The predicted molar refractivity (Wildman–Crippen MR) is 49.7 cm³/mol. The van der Waals surface area contributed by atoms with Gasteiger partial charge in [-0.25, -0.2) is 4.79 Å². The summed E-state index contributed by atoms with van der Waals surface area (Å²) in [6.45, 7) is 0. The molecule has 0 radical (unpaired) electrons. The first-order chi connectivity index (χ1) is 7.60. The van der Waals surface area contributed by atoms with Crippen molar-refractivity contribution in [2.45, 2.75) is 23.9 Å². The molecule has 0 saturated carbocycles. The number of carboxylic acid groups (broad SMARTS) is 1. The molecule has 3 aliphatic rings. The van der Waals surface area contributed by atoms with Crippen molar-refractivity contribution in [1.29, 1.82) is 0 Å². The molecule has 0 aromatic carbocycles. The van der Waals surface area contributed by atoms with Gasteiger partial charge in [0, 0.05) is 0 Å². The van der Waals surface area contributed by atoms with Crippen LogP contribution in [0.5, 0.6) is 0 Å². The molecule has 0 aromatic rings. The van der Waals surface area contributed by atoms with Crippen LogP contribution >= 0.6 is 0 Å². The second-order valence-electron chi connectivity index (χ2n) is 3.95. The number of fused-ring (bicyclic) bond motifs is 1. The Morgan fingerprint density at radius 1 is 1.62 bits per heavy atom. The number of epoxide rings is 2. The van der Waals surface area contributed by atoms with E-state index < -0.39 is 29.9 Å². The van der Waals surface area contributed by atoms with Crippen LogP contribution in [0, 0.1) is 0 Å². The second-order valence-corrected chi connectivity index (χ2v) is 3.95. The zero-order valence-corrected chi connectivity index (χ0v) is 8.41. The molecule has 0 aromatic heterocycles. The van der Waals surface area contributed by atoms with E-state index in [9.17, 15) is 9.90 Å². The van der Waals surface area contributed by atoms with E-state index in [1.54, 1.807) is 6.08 Å². The predicted octanol–water partition coefficient (Wildman–Crippen LogP) is -0.0382. The van der Waals surface area contributed by atoms with Gasteiger partial charge >= 0.3 is 5.97 Å².